The third-order valence-corrected chi connectivity index (χ3v) is 3.12. The third kappa shape index (κ3) is 4.85. The van der Waals surface area contributed by atoms with Crippen molar-refractivity contribution in [2.45, 2.75) is 20.0 Å². The van der Waals surface area contributed by atoms with Crippen molar-refractivity contribution in [3.05, 3.63) is 46.8 Å². The molecule has 0 aliphatic heterocycles. The SMILES string of the molecule is CC(C)Oc1cccc(NC(=S)NC(=O)c2ccc(Br)o2)c1. The predicted molar refractivity (Wildman–Crippen MR) is 92.3 cm³/mol. The Kier molecular flexibility index (Phi) is 5.57. The first-order valence-corrected chi connectivity index (χ1v) is 7.78. The first-order chi connectivity index (χ1) is 10.4. The van der Waals surface area contributed by atoms with Gasteiger partial charge >= 0.3 is 0 Å². The molecular formula is C15H15BrN2O3S. The molecule has 116 valence electrons. The highest BCUT2D eigenvalue weighted by atomic mass is 79.9. The summed E-state index contributed by atoms with van der Waals surface area (Å²) in [4.78, 5) is 11.9. The van der Waals surface area contributed by atoms with Gasteiger partial charge in [-0.15, -0.1) is 0 Å². The van der Waals surface area contributed by atoms with Crippen LogP contribution in [0.5, 0.6) is 5.75 Å². The van der Waals surface area contributed by atoms with Crippen molar-refractivity contribution < 1.29 is 13.9 Å². The fourth-order valence-corrected chi connectivity index (χ4v) is 2.20. The van der Waals surface area contributed by atoms with E-state index >= 15 is 0 Å². The van der Waals surface area contributed by atoms with Crippen LogP contribution in [0.3, 0.4) is 0 Å². The highest BCUT2D eigenvalue weighted by Gasteiger charge is 2.12. The van der Waals surface area contributed by atoms with E-state index in [1.807, 2.05) is 38.1 Å². The summed E-state index contributed by atoms with van der Waals surface area (Å²) in [6.45, 7) is 3.90. The van der Waals surface area contributed by atoms with Crippen LogP contribution in [0.4, 0.5) is 5.69 Å². The Bertz CT molecular complexity index is 685. The Morgan fingerprint density at radius 1 is 1.32 bits per heavy atom. The van der Waals surface area contributed by atoms with Crippen LogP contribution in [-0.4, -0.2) is 17.1 Å². The molecule has 0 spiro atoms. The first-order valence-electron chi connectivity index (χ1n) is 6.58. The smallest absolute Gasteiger partial charge is 0.293 e. The number of amides is 1. The number of halogens is 1. The van der Waals surface area contributed by atoms with Gasteiger partial charge in [0.1, 0.15) is 5.75 Å². The van der Waals surface area contributed by atoms with E-state index in [4.69, 9.17) is 21.4 Å². The molecule has 5 nitrogen and oxygen atoms in total. The van der Waals surface area contributed by atoms with E-state index in [0.29, 0.717) is 4.67 Å². The minimum absolute atomic E-state index is 0.0827. The molecule has 1 heterocycles. The van der Waals surface area contributed by atoms with Crippen molar-refractivity contribution in [1.29, 1.82) is 0 Å². The van der Waals surface area contributed by atoms with E-state index in [0.717, 1.165) is 11.4 Å². The first kappa shape index (κ1) is 16.5. The molecular weight excluding hydrogens is 368 g/mol. The summed E-state index contributed by atoms with van der Waals surface area (Å²) in [7, 11) is 0. The van der Waals surface area contributed by atoms with Gasteiger partial charge in [-0.05, 0) is 66.3 Å². The summed E-state index contributed by atoms with van der Waals surface area (Å²) in [5.41, 5.74) is 0.726. The average Bonchev–Trinajstić information content (AvgIpc) is 2.85. The number of thiocarbonyl (C=S) groups is 1. The van der Waals surface area contributed by atoms with Gasteiger partial charge in [0.15, 0.2) is 15.5 Å². The van der Waals surface area contributed by atoms with Crippen LogP contribution < -0.4 is 15.4 Å². The highest BCUT2D eigenvalue weighted by molar-refractivity contribution is 9.10. The number of hydrogen-bond donors (Lipinski definition) is 2. The van der Waals surface area contributed by atoms with Crippen molar-refractivity contribution in [2.24, 2.45) is 0 Å². The molecule has 0 aliphatic carbocycles. The van der Waals surface area contributed by atoms with E-state index in [1.54, 1.807) is 12.1 Å². The molecule has 7 heteroatoms. The van der Waals surface area contributed by atoms with E-state index in [1.165, 1.54) is 0 Å². The summed E-state index contributed by atoms with van der Waals surface area (Å²) in [5, 5.41) is 5.65. The zero-order chi connectivity index (χ0) is 16.1. The van der Waals surface area contributed by atoms with Crippen molar-refractivity contribution >= 4 is 44.9 Å². The van der Waals surface area contributed by atoms with Gasteiger partial charge in [0.2, 0.25) is 0 Å². The lowest BCUT2D eigenvalue weighted by molar-refractivity contribution is 0.0949. The number of benzene rings is 1. The predicted octanol–water partition coefficient (Wildman–Crippen LogP) is 3.96. The van der Waals surface area contributed by atoms with Crippen LogP contribution in [0.15, 0.2) is 45.5 Å². The fraction of sp³-hybridized carbons (Fsp3) is 0.200. The van der Waals surface area contributed by atoms with Gasteiger partial charge in [0.05, 0.1) is 6.10 Å². The molecule has 0 saturated heterocycles. The zero-order valence-electron chi connectivity index (χ0n) is 12.1. The molecule has 1 amide bonds. The lowest BCUT2D eigenvalue weighted by atomic mass is 10.3. The molecule has 2 N–H and O–H groups in total. The average molecular weight is 383 g/mol. The summed E-state index contributed by atoms with van der Waals surface area (Å²) in [5.74, 6) is 0.481. The van der Waals surface area contributed by atoms with E-state index in [-0.39, 0.29) is 17.0 Å². The monoisotopic (exact) mass is 382 g/mol. The van der Waals surface area contributed by atoms with Gasteiger partial charge in [-0.2, -0.15) is 0 Å². The summed E-state index contributed by atoms with van der Waals surface area (Å²) in [6.07, 6.45) is 0.0827. The summed E-state index contributed by atoms with van der Waals surface area (Å²) < 4.78 is 11.2. The van der Waals surface area contributed by atoms with Crippen LogP contribution in [-0.2, 0) is 0 Å². The normalized spacial score (nSPS) is 10.4. The Morgan fingerprint density at radius 2 is 2.09 bits per heavy atom. The molecule has 2 aromatic rings. The molecule has 0 radical (unpaired) electrons. The molecule has 1 aromatic carbocycles. The molecule has 2 rings (SSSR count). The van der Waals surface area contributed by atoms with Crippen molar-refractivity contribution in [3.8, 4) is 5.75 Å². The fourth-order valence-electron chi connectivity index (χ4n) is 1.68. The Hall–Kier alpha value is -1.86. The number of ether oxygens (including phenoxy) is 1. The van der Waals surface area contributed by atoms with Gasteiger partial charge in [0.25, 0.3) is 5.91 Å². The lowest BCUT2D eigenvalue weighted by Crippen LogP contribution is -2.33. The quantitative estimate of drug-likeness (QED) is 0.783. The minimum atomic E-state index is -0.419. The van der Waals surface area contributed by atoms with Crippen LogP contribution in [0.2, 0.25) is 0 Å². The van der Waals surface area contributed by atoms with Gasteiger partial charge in [-0.25, -0.2) is 0 Å². The minimum Gasteiger partial charge on any atom is -0.491 e. The maximum Gasteiger partial charge on any atom is 0.293 e. The molecule has 0 unspecified atom stereocenters. The molecule has 0 bridgehead atoms. The van der Waals surface area contributed by atoms with Crippen LogP contribution in [0.1, 0.15) is 24.4 Å². The second kappa shape index (κ2) is 7.42. The van der Waals surface area contributed by atoms with Crippen molar-refractivity contribution in [2.75, 3.05) is 5.32 Å². The molecule has 1 aromatic heterocycles. The van der Waals surface area contributed by atoms with Gasteiger partial charge in [-0.3, -0.25) is 10.1 Å². The maximum absolute atomic E-state index is 11.9. The second-order valence-electron chi connectivity index (χ2n) is 4.71. The Morgan fingerprint density at radius 3 is 2.73 bits per heavy atom. The van der Waals surface area contributed by atoms with Crippen molar-refractivity contribution in [1.82, 2.24) is 5.32 Å². The van der Waals surface area contributed by atoms with Gasteiger partial charge in [-0.1, -0.05) is 6.07 Å². The number of hydrogen-bond acceptors (Lipinski definition) is 4. The standard InChI is InChI=1S/C15H15BrN2O3S/c1-9(2)20-11-5-3-4-10(8-11)17-15(22)18-14(19)12-6-7-13(16)21-12/h3-9H,1-2H3,(H2,17,18,19,22). The number of carbonyl (C=O) groups excluding carboxylic acids is 1. The number of carbonyl (C=O) groups is 1. The molecule has 0 aliphatic rings. The lowest BCUT2D eigenvalue weighted by Gasteiger charge is -2.12. The van der Waals surface area contributed by atoms with Crippen molar-refractivity contribution in [3.63, 3.8) is 0 Å². The third-order valence-electron chi connectivity index (χ3n) is 2.49. The molecule has 22 heavy (non-hydrogen) atoms. The number of furan rings is 1. The zero-order valence-corrected chi connectivity index (χ0v) is 14.5. The van der Waals surface area contributed by atoms with E-state index in [9.17, 15) is 4.79 Å². The van der Waals surface area contributed by atoms with Crippen LogP contribution in [0, 0.1) is 0 Å². The largest absolute Gasteiger partial charge is 0.491 e. The molecule has 0 atom stereocenters. The second-order valence-corrected chi connectivity index (χ2v) is 5.90. The van der Waals surface area contributed by atoms with Gasteiger partial charge in [0, 0.05) is 11.8 Å². The molecule has 0 fully saturated rings. The highest BCUT2D eigenvalue weighted by Crippen LogP contribution is 2.18. The van der Waals surface area contributed by atoms with E-state index < -0.39 is 5.91 Å². The number of anilines is 1. The van der Waals surface area contributed by atoms with Crippen LogP contribution in [0.25, 0.3) is 0 Å². The Labute approximate surface area is 142 Å². The van der Waals surface area contributed by atoms with Crippen LogP contribution >= 0.6 is 28.1 Å². The summed E-state index contributed by atoms with van der Waals surface area (Å²) in [6, 6.07) is 10.5. The van der Waals surface area contributed by atoms with E-state index in [2.05, 4.69) is 26.6 Å². The number of nitrogens with one attached hydrogen (secondary N) is 2. The maximum atomic E-state index is 11.9. The molecule has 0 saturated carbocycles. The Balaban J connectivity index is 1.95. The summed E-state index contributed by atoms with van der Waals surface area (Å²) >= 11 is 8.25. The topological polar surface area (TPSA) is 63.5 Å². The van der Waals surface area contributed by atoms with Gasteiger partial charge < -0.3 is 14.5 Å². The number of rotatable bonds is 4.